The minimum atomic E-state index is -3.73. The summed E-state index contributed by atoms with van der Waals surface area (Å²) in [6.45, 7) is 3.93. The maximum atomic E-state index is 12.6. The molecule has 0 fully saturated rings. The van der Waals surface area contributed by atoms with Gasteiger partial charge >= 0.3 is 0 Å². The molecule has 0 aliphatic carbocycles. The fourth-order valence-corrected chi connectivity index (χ4v) is 4.35. The lowest BCUT2D eigenvalue weighted by molar-refractivity contribution is -0.119. The Morgan fingerprint density at radius 3 is 2.74 bits per heavy atom. The number of nitrogens with zero attached hydrogens (tertiary/aromatic N) is 1. The van der Waals surface area contributed by atoms with E-state index in [1.165, 1.54) is 12.3 Å². The highest BCUT2D eigenvalue weighted by Crippen LogP contribution is 2.40. The Morgan fingerprint density at radius 2 is 2.07 bits per heavy atom. The first-order valence-corrected chi connectivity index (χ1v) is 10.2. The molecule has 1 aliphatic rings. The second-order valence-electron chi connectivity index (χ2n) is 7.41. The maximum absolute atomic E-state index is 12.6. The van der Waals surface area contributed by atoms with Crippen LogP contribution in [0.5, 0.6) is 0 Å². The zero-order valence-electron chi connectivity index (χ0n) is 15.6. The van der Waals surface area contributed by atoms with Crippen LogP contribution in [0.3, 0.4) is 0 Å². The number of anilines is 1. The highest BCUT2D eigenvalue weighted by molar-refractivity contribution is 7.89. The smallest absolute Gasteiger partial charge is 0.240 e. The molecule has 27 heavy (non-hydrogen) atoms. The van der Waals surface area contributed by atoms with Crippen molar-refractivity contribution in [2.24, 2.45) is 0 Å². The molecule has 0 saturated carbocycles. The number of hydrogen-bond acceptors (Lipinski definition) is 5. The summed E-state index contributed by atoms with van der Waals surface area (Å²) in [6, 6.07) is 8.10. The Kier molecular flexibility index (Phi) is 5.16. The van der Waals surface area contributed by atoms with Gasteiger partial charge < -0.3 is 14.4 Å². The second-order valence-corrected chi connectivity index (χ2v) is 9.18. The molecule has 1 aromatic carbocycles. The minimum absolute atomic E-state index is 0.00754. The van der Waals surface area contributed by atoms with Crippen molar-refractivity contribution in [3.63, 3.8) is 0 Å². The fraction of sp³-hybridized carbons (Fsp3) is 0.421. The van der Waals surface area contributed by atoms with E-state index in [1.807, 2.05) is 13.8 Å². The molecule has 1 atom stereocenters. The molecule has 146 valence electrons. The molecule has 3 rings (SSSR count). The zero-order chi connectivity index (χ0) is 19.8. The van der Waals surface area contributed by atoms with Gasteiger partial charge in [0.2, 0.25) is 15.9 Å². The van der Waals surface area contributed by atoms with Gasteiger partial charge in [-0.1, -0.05) is 13.8 Å². The number of hydrogen-bond donors (Lipinski definition) is 2. The number of carbonyl (C=O) groups is 1. The molecular formula is C19H24N2O5S. The van der Waals surface area contributed by atoms with E-state index in [0.29, 0.717) is 12.2 Å². The molecule has 2 aromatic rings. The Bertz CT molecular complexity index is 935. The SMILES string of the molecule is CN1C(=O)CC(C)(C)c2cc(S(=O)(=O)NCCC(O)c3ccco3)ccc21. The van der Waals surface area contributed by atoms with Gasteiger partial charge in [-0.3, -0.25) is 4.79 Å². The number of rotatable bonds is 6. The summed E-state index contributed by atoms with van der Waals surface area (Å²) in [5, 5.41) is 9.99. The molecule has 0 saturated heterocycles. The molecule has 1 aromatic heterocycles. The largest absolute Gasteiger partial charge is 0.467 e. The van der Waals surface area contributed by atoms with Crippen molar-refractivity contribution in [3.8, 4) is 0 Å². The summed E-state index contributed by atoms with van der Waals surface area (Å²) in [5.41, 5.74) is 1.10. The van der Waals surface area contributed by atoms with Crippen LogP contribution in [0.15, 0.2) is 45.9 Å². The third-order valence-electron chi connectivity index (χ3n) is 4.92. The highest BCUT2D eigenvalue weighted by atomic mass is 32.2. The summed E-state index contributed by atoms with van der Waals surface area (Å²) in [7, 11) is -2.04. The molecule has 0 spiro atoms. The van der Waals surface area contributed by atoms with Gasteiger partial charge in [-0.25, -0.2) is 13.1 Å². The topological polar surface area (TPSA) is 99.9 Å². The summed E-state index contributed by atoms with van der Waals surface area (Å²) in [6.07, 6.45) is 1.10. The van der Waals surface area contributed by atoms with Crippen molar-refractivity contribution in [1.29, 1.82) is 0 Å². The quantitative estimate of drug-likeness (QED) is 0.786. The monoisotopic (exact) mass is 392 g/mol. The number of aliphatic hydroxyl groups is 1. The van der Waals surface area contributed by atoms with Crippen LogP contribution < -0.4 is 9.62 Å². The molecular weight excluding hydrogens is 368 g/mol. The van der Waals surface area contributed by atoms with Gasteiger partial charge in [0.25, 0.3) is 0 Å². The standard InChI is InChI=1S/C19H24N2O5S/c1-19(2)12-18(23)21(3)15-7-6-13(11-14(15)19)27(24,25)20-9-8-16(22)17-5-4-10-26-17/h4-7,10-11,16,20,22H,8-9,12H2,1-3H3. The average molecular weight is 392 g/mol. The van der Waals surface area contributed by atoms with E-state index in [-0.39, 0.29) is 23.8 Å². The van der Waals surface area contributed by atoms with Crippen LogP contribution in [0.2, 0.25) is 0 Å². The maximum Gasteiger partial charge on any atom is 0.240 e. The van der Waals surface area contributed by atoms with Crippen LogP contribution in [-0.2, 0) is 20.2 Å². The Hall–Kier alpha value is -2.16. The van der Waals surface area contributed by atoms with Crippen LogP contribution in [0.1, 0.15) is 44.1 Å². The summed E-state index contributed by atoms with van der Waals surface area (Å²) >= 11 is 0. The van der Waals surface area contributed by atoms with Crippen LogP contribution in [0, 0.1) is 0 Å². The normalized spacial score (nSPS) is 17.6. The molecule has 8 heteroatoms. The third kappa shape index (κ3) is 3.92. The van der Waals surface area contributed by atoms with Gasteiger partial charge in [-0.05, 0) is 42.3 Å². The van der Waals surface area contributed by atoms with Crippen molar-refractivity contribution in [1.82, 2.24) is 4.72 Å². The molecule has 7 nitrogen and oxygen atoms in total. The first-order valence-electron chi connectivity index (χ1n) is 8.74. The van der Waals surface area contributed by atoms with E-state index in [2.05, 4.69) is 4.72 Å². The average Bonchev–Trinajstić information content (AvgIpc) is 3.13. The fourth-order valence-electron chi connectivity index (χ4n) is 3.28. The van der Waals surface area contributed by atoms with Gasteiger partial charge in [-0.2, -0.15) is 0 Å². The number of aliphatic hydroxyl groups excluding tert-OH is 1. The van der Waals surface area contributed by atoms with E-state index < -0.39 is 21.5 Å². The second kappa shape index (κ2) is 7.10. The Labute approximate surface area is 159 Å². The summed E-state index contributed by atoms with van der Waals surface area (Å²) in [5.74, 6) is 0.408. The van der Waals surface area contributed by atoms with Gasteiger partial charge in [-0.15, -0.1) is 0 Å². The van der Waals surface area contributed by atoms with Gasteiger partial charge in [0.05, 0.1) is 11.2 Å². The van der Waals surface area contributed by atoms with Crippen molar-refractivity contribution < 1.29 is 22.7 Å². The number of carbonyl (C=O) groups excluding carboxylic acids is 1. The van der Waals surface area contributed by atoms with Gasteiger partial charge in [0.1, 0.15) is 11.9 Å². The number of amides is 1. The van der Waals surface area contributed by atoms with E-state index in [0.717, 1.165) is 11.3 Å². The predicted molar refractivity (Wildman–Crippen MR) is 101 cm³/mol. The molecule has 1 aliphatic heterocycles. The molecule has 2 heterocycles. The van der Waals surface area contributed by atoms with Crippen LogP contribution in [0.4, 0.5) is 5.69 Å². The van der Waals surface area contributed by atoms with E-state index in [1.54, 1.807) is 36.2 Å². The van der Waals surface area contributed by atoms with Crippen LogP contribution in [-0.4, -0.2) is 33.0 Å². The zero-order valence-corrected chi connectivity index (χ0v) is 16.4. The third-order valence-corrected chi connectivity index (χ3v) is 6.38. The number of benzene rings is 1. The number of sulfonamides is 1. The van der Waals surface area contributed by atoms with Gasteiger partial charge in [0.15, 0.2) is 0 Å². The first-order chi connectivity index (χ1) is 12.6. The lowest BCUT2D eigenvalue weighted by Gasteiger charge is -2.37. The van der Waals surface area contributed by atoms with Crippen LogP contribution >= 0.6 is 0 Å². The molecule has 1 unspecified atom stereocenters. The Balaban J connectivity index is 1.76. The molecule has 0 radical (unpaired) electrons. The van der Waals surface area contributed by atoms with Crippen molar-refractivity contribution >= 4 is 21.6 Å². The van der Waals surface area contributed by atoms with E-state index in [4.69, 9.17) is 4.42 Å². The van der Waals surface area contributed by atoms with Crippen molar-refractivity contribution in [2.45, 2.75) is 43.1 Å². The van der Waals surface area contributed by atoms with Gasteiger partial charge in [0, 0.05) is 31.1 Å². The van der Waals surface area contributed by atoms with E-state index >= 15 is 0 Å². The van der Waals surface area contributed by atoms with Crippen molar-refractivity contribution in [3.05, 3.63) is 47.9 Å². The Morgan fingerprint density at radius 1 is 1.33 bits per heavy atom. The minimum Gasteiger partial charge on any atom is -0.467 e. The first kappa shape index (κ1) is 19.6. The van der Waals surface area contributed by atoms with E-state index in [9.17, 15) is 18.3 Å². The summed E-state index contributed by atoms with van der Waals surface area (Å²) < 4.78 is 32.9. The highest BCUT2D eigenvalue weighted by Gasteiger charge is 2.36. The number of furan rings is 1. The van der Waals surface area contributed by atoms with Crippen LogP contribution in [0.25, 0.3) is 0 Å². The number of nitrogens with one attached hydrogen (secondary N) is 1. The van der Waals surface area contributed by atoms with Crippen molar-refractivity contribution in [2.75, 3.05) is 18.5 Å². The number of fused-ring (bicyclic) bond motifs is 1. The molecule has 2 N–H and O–H groups in total. The summed E-state index contributed by atoms with van der Waals surface area (Å²) in [4.78, 5) is 13.8. The molecule has 0 bridgehead atoms. The predicted octanol–water partition coefficient (Wildman–Crippen LogP) is 2.33. The lowest BCUT2D eigenvalue weighted by atomic mass is 9.77. The molecule has 1 amide bonds. The lowest BCUT2D eigenvalue weighted by Crippen LogP contribution is -2.39.